The minimum absolute atomic E-state index is 0.299. The second-order valence-electron chi connectivity index (χ2n) is 2.57. The van der Waals surface area contributed by atoms with Gasteiger partial charge in [-0.1, -0.05) is 41.1 Å². The molecule has 0 fully saturated rings. The first kappa shape index (κ1) is 9.28. The summed E-state index contributed by atoms with van der Waals surface area (Å²) in [5, 5.41) is 8.79. The molecule has 12 heavy (non-hydrogen) atoms. The topological polar surface area (TPSA) is 23.8 Å². The van der Waals surface area contributed by atoms with Crippen molar-refractivity contribution in [1.82, 2.24) is 0 Å². The number of benzene rings is 1. The zero-order valence-electron chi connectivity index (χ0n) is 6.92. The lowest BCUT2D eigenvalue weighted by molar-refractivity contribution is 0.908. The predicted octanol–water partition coefficient (Wildman–Crippen LogP) is 3.40. The SMILES string of the molecule is CCC(Br)c1ccccc1C#N. The maximum atomic E-state index is 8.79. The number of halogens is 1. The van der Waals surface area contributed by atoms with Crippen molar-refractivity contribution < 1.29 is 0 Å². The Labute approximate surface area is 81.2 Å². The maximum absolute atomic E-state index is 8.79. The monoisotopic (exact) mass is 223 g/mol. The summed E-state index contributed by atoms with van der Waals surface area (Å²) in [6.45, 7) is 2.09. The van der Waals surface area contributed by atoms with E-state index in [4.69, 9.17) is 5.26 Å². The third-order valence-electron chi connectivity index (χ3n) is 1.78. The van der Waals surface area contributed by atoms with Crippen LogP contribution in [-0.2, 0) is 0 Å². The van der Waals surface area contributed by atoms with Gasteiger partial charge in [0.05, 0.1) is 11.6 Å². The molecule has 1 rings (SSSR count). The summed E-state index contributed by atoms with van der Waals surface area (Å²) in [6.07, 6.45) is 0.999. The lowest BCUT2D eigenvalue weighted by Gasteiger charge is -2.07. The Bertz CT molecular complexity index is 301. The molecule has 1 atom stereocenters. The Kier molecular flexibility index (Phi) is 3.31. The van der Waals surface area contributed by atoms with Gasteiger partial charge in [0.2, 0.25) is 0 Å². The average molecular weight is 224 g/mol. The summed E-state index contributed by atoms with van der Waals surface area (Å²) in [5.41, 5.74) is 1.85. The van der Waals surface area contributed by atoms with Crippen LogP contribution in [0.3, 0.4) is 0 Å². The maximum Gasteiger partial charge on any atom is 0.0994 e. The summed E-state index contributed by atoms with van der Waals surface area (Å²) in [7, 11) is 0. The highest BCUT2D eigenvalue weighted by Crippen LogP contribution is 2.28. The molecule has 0 radical (unpaired) electrons. The van der Waals surface area contributed by atoms with Crippen LogP contribution in [0.25, 0.3) is 0 Å². The van der Waals surface area contributed by atoms with E-state index in [0.717, 1.165) is 17.5 Å². The standard InChI is InChI=1S/C10H10BrN/c1-2-10(11)9-6-4-3-5-8(9)7-12/h3-6,10H,2H2,1H3. The molecule has 2 heteroatoms. The molecule has 0 amide bonds. The molecule has 0 heterocycles. The molecule has 0 aliphatic heterocycles. The minimum atomic E-state index is 0.299. The molecule has 0 saturated carbocycles. The molecule has 0 saturated heterocycles. The highest BCUT2D eigenvalue weighted by molar-refractivity contribution is 9.09. The summed E-state index contributed by atoms with van der Waals surface area (Å²) in [6, 6.07) is 9.86. The van der Waals surface area contributed by atoms with Crippen molar-refractivity contribution in [2.75, 3.05) is 0 Å². The fraction of sp³-hybridized carbons (Fsp3) is 0.300. The van der Waals surface area contributed by atoms with E-state index in [9.17, 15) is 0 Å². The normalized spacial score (nSPS) is 12.1. The van der Waals surface area contributed by atoms with E-state index in [-0.39, 0.29) is 0 Å². The zero-order valence-corrected chi connectivity index (χ0v) is 8.51. The van der Waals surface area contributed by atoms with E-state index in [0.29, 0.717) is 4.83 Å². The molecule has 1 nitrogen and oxygen atoms in total. The van der Waals surface area contributed by atoms with Crippen molar-refractivity contribution in [3.63, 3.8) is 0 Å². The molecular formula is C10H10BrN. The summed E-state index contributed by atoms with van der Waals surface area (Å²) >= 11 is 3.53. The minimum Gasteiger partial charge on any atom is -0.192 e. The molecule has 0 aliphatic carbocycles. The van der Waals surface area contributed by atoms with Gasteiger partial charge < -0.3 is 0 Å². The number of hydrogen-bond donors (Lipinski definition) is 0. The predicted molar refractivity (Wildman–Crippen MR) is 53.1 cm³/mol. The number of nitriles is 1. The molecule has 62 valence electrons. The van der Waals surface area contributed by atoms with Crippen LogP contribution >= 0.6 is 15.9 Å². The van der Waals surface area contributed by atoms with Gasteiger partial charge in [-0.3, -0.25) is 0 Å². The summed E-state index contributed by atoms with van der Waals surface area (Å²) in [5.74, 6) is 0. The Morgan fingerprint density at radius 2 is 2.17 bits per heavy atom. The fourth-order valence-corrected chi connectivity index (χ4v) is 1.49. The van der Waals surface area contributed by atoms with Crippen LogP contribution in [0.15, 0.2) is 24.3 Å². The van der Waals surface area contributed by atoms with Crippen LogP contribution in [0.1, 0.15) is 29.3 Å². The zero-order chi connectivity index (χ0) is 8.97. The largest absolute Gasteiger partial charge is 0.192 e. The lowest BCUT2D eigenvalue weighted by atomic mass is 10.0. The molecule has 0 aliphatic rings. The Hall–Kier alpha value is -0.810. The number of nitrogens with zero attached hydrogens (tertiary/aromatic N) is 1. The third-order valence-corrected chi connectivity index (χ3v) is 2.92. The lowest BCUT2D eigenvalue weighted by Crippen LogP contribution is -1.91. The van der Waals surface area contributed by atoms with Crippen molar-refractivity contribution in [2.45, 2.75) is 18.2 Å². The van der Waals surface area contributed by atoms with E-state index in [1.165, 1.54) is 0 Å². The number of alkyl halides is 1. The Morgan fingerprint density at radius 3 is 2.75 bits per heavy atom. The van der Waals surface area contributed by atoms with Crippen LogP contribution < -0.4 is 0 Å². The van der Waals surface area contributed by atoms with Crippen LogP contribution in [0.4, 0.5) is 0 Å². The van der Waals surface area contributed by atoms with Gasteiger partial charge in [0.25, 0.3) is 0 Å². The van der Waals surface area contributed by atoms with E-state index in [1.54, 1.807) is 0 Å². The van der Waals surface area contributed by atoms with Crippen LogP contribution in [-0.4, -0.2) is 0 Å². The van der Waals surface area contributed by atoms with Gasteiger partial charge >= 0.3 is 0 Å². The van der Waals surface area contributed by atoms with Crippen molar-refractivity contribution >= 4 is 15.9 Å². The molecule has 1 aromatic rings. The van der Waals surface area contributed by atoms with Gasteiger partial charge in [0.1, 0.15) is 0 Å². The summed E-state index contributed by atoms with van der Waals surface area (Å²) < 4.78 is 0. The molecule has 0 N–H and O–H groups in total. The summed E-state index contributed by atoms with van der Waals surface area (Å²) in [4.78, 5) is 0.299. The first-order chi connectivity index (χ1) is 5.79. The van der Waals surface area contributed by atoms with Crippen LogP contribution in [0.5, 0.6) is 0 Å². The Balaban J connectivity index is 3.07. The van der Waals surface area contributed by atoms with Gasteiger partial charge in [-0.05, 0) is 18.1 Å². The van der Waals surface area contributed by atoms with Crippen molar-refractivity contribution in [2.24, 2.45) is 0 Å². The molecule has 1 aromatic carbocycles. The van der Waals surface area contributed by atoms with E-state index >= 15 is 0 Å². The number of hydrogen-bond acceptors (Lipinski definition) is 1. The molecule has 1 unspecified atom stereocenters. The van der Waals surface area contributed by atoms with Crippen molar-refractivity contribution in [1.29, 1.82) is 5.26 Å². The van der Waals surface area contributed by atoms with Crippen molar-refractivity contribution in [3.8, 4) is 6.07 Å². The van der Waals surface area contributed by atoms with E-state index in [2.05, 4.69) is 28.9 Å². The van der Waals surface area contributed by atoms with E-state index in [1.807, 2.05) is 24.3 Å². The average Bonchev–Trinajstić information content (AvgIpc) is 2.16. The van der Waals surface area contributed by atoms with Crippen LogP contribution in [0.2, 0.25) is 0 Å². The quantitative estimate of drug-likeness (QED) is 0.706. The van der Waals surface area contributed by atoms with Gasteiger partial charge in [-0.15, -0.1) is 0 Å². The number of rotatable bonds is 2. The molecule has 0 bridgehead atoms. The Morgan fingerprint density at radius 1 is 1.50 bits per heavy atom. The molecule has 0 aromatic heterocycles. The molecular weight excluding hydrogens is 214 g/mol. The highest BCUT2D eigenvalue weighted by Gasteiger charge is 2.08. The second-order valence-corrected chi connectivity index (χ2v) is 3.68. The van der Waals surface area contributed by atoms with Crippen molar-refractivity contribution in [3.05, 3.63) is 35.4 Å². The molecule has 0 spiro atoms. The first-order valence-electron chi connectivity index (χ1n) is 3.92. The van der Waals surface area contributed by atoms with Gasteiger partial charge in [-0.25, -0.2) is 0 Å². The van der Waals surface area contributed by atoms with E-state index < -0.39 is 0 Å². The van der Waals surface area contributed by atoms with Crippen LogP contribution in [0, 0.1) is 11.3 Å². The second kappa shape index (κ2) is 4.27. The van der Waals surface area contributed by atoms with Gasteiger partial charge in [0, 0.05) is 4.83 Å². The first-order valence-corrected chi connectivity index (χ1v) is 4.84. The smallest absolute Gasteiger partial charge is 0.0994 e. The third kappa shape index (κ3) is 1.86. The fourth-order valence-electron chi connectivity index (χ4n) is 1.09. The highest BCUT2D eigenvalue weighted by atomic mass is 79.9. The van der Waals surface area contributed by atoms with Gasteiger partial charge in [0.15, 0.2) is 0 Å². The van der Waals surface area contributed by atoms with Gasteiger partial charge in [-0.2, -0.15) is 5.26 Å².